The number of anilines is 1. The number of hydrogen-bond acceptors (Lipinski definition) is 2. The summed E-state index contributed by atoms with van der Waals surface area (Å²) in [6.45, 7) is 0.800. The Kier molecular flexibility index (Phi) is 3.51. The Morgan fingerprint density at radius 3 is 2.94 bits per heavy atom. The largest absolute Gasteiger partial charge is 0.495 e. The normalized spacial score (nSPS) is 10.1. The van der Waals surface area contributed by atoms with Gasteiger partial charge in [0.2, 0.25) is 0 Å². The predicted octanol–water partition coefficient (Wildman–Crippen LogP) is 3.40. The first kappa shape index (κ1) is 11.1. The van der Waals surface area contributed by atoms with E-state index in [-0.39, 0.29) is 0 Å². The number of methoxy groups -OCH3 is 1. The van der Waals surface area contributed by atoms with Crippen LogP contribution in [0, 0.1) is 0 Å². The van der Waals surface area contributed by atoms with Crippen LogP contribution in [0.5, 0.6) is 5.75 Å². The van der Waals surface area contributed by atoms with Crippen molar-refractivity contribution in [1.29, 1.82) is 0 Å². The average Bonchev–Trinajstić information content (AvgIpc) is 2.81. The smallest absolute Gasteiger partial charge is 0.135 e. The van der Waals surface area contributed by atoms with E-state index in [1.807, 2.05) is 36.7 Å². The molecule has 0 saturated heterocycles. The Morgan fingerprint density at radius 1 is 1.38 bits per heavy atom. The van der Waals surface area contributed by atoms with Crippen molar-refractivity contribution in [2.75, 3.05) is 12.4 Å². The fourth-order valence-electron chi connectivity index (χ4n) is 1.44. The summed E-state index contributed by atoms with van der Waals surface area (Å²) in [6, 6.07) is 8.00. The average molecular weight is 281 g/mol. The van der Waals surface area contributed by atoms with E-state index in [2.05, 4.69) is 26.2 Å². The summed E-state index contributed by atoms with van der Waals surface area (Å²) in [5, 5.41) is 3.33. The van der Waals surface area contributed by atoms with Crippen LogP contribution in [0.15, 0.2) is 41.1 Å². The molecule has 1 heterocycles. The Balaban J connectivity index is 2.04. The molecule has 2 aromatic rings. The van der Waals surface area contributed by atoms with Crippen molar-refractivity contribution in [2.24, 2.45) is 0 Å². The third kappa shape index (κ3) is 2.58. The van der Waals surface area contributed by atoms with Gasteiger partial charge >= 0.3 is 0 Å². The summed E-state index contributed by atoms with van der Waals surface area (Å²) >= 11 is 3.42. The molecular weight excluding hydrogens is 268 g/mol. The van der Waals surface area contributed by atoms with Crippen LogP contribution in [0.2, 0.25) is 0 Å². The molecule has 0 aliphatic carbocycles. The molecule has 84 valence electrons. The maximum Gasteiger partial charge on any atom is 0.135 e. The maximum atomic E-state index is 5.23. The highest BCUT2D eigenvalue weighted by molar-refractivity contribution is 9.10. The second-order valence-corrected chi connectivity index (χ2v) is 4.28. The molecule has 0 fully saturated rings. The Bertz CT molecular complexity index is 454. The second-order valence-electron chi connectivity index (χ2n) is 3.42. The quantitative estimate of drug-likeness (QED) is 0.901. The highest BCUT2D eigenvalue weighted by atomic mass is 79.9. The van der Waals surface area contributed by atoms with Crippen molar-refractivity contribution in [3.05, 3.63) is 46.7 Å². The molecule has 0 bridgehead atoms. The van der Waals surface area contributed by atoms with Gasteiger partial charge in [-0.05, 0) is 39.7 Å². The number of nitrogens with one attached hydrogen (secondary N) is 2. The lowest BCUT2D eigenvalue weighted by atomic mass is 10.2. The van der Waals surface area contributed by atoms with Crippen LogP contribution >= 0.6 is 15.9 Å². The standard InChI is InChI=1S/C12H13BrN2O/c1-16-12-6-10(2-3-11(12)13)15-8-9-4-5-14-7-9/h2-7,14-15H,8H2,1H3. The molecule has 2 N–H and O–H groups in total. The van der Waals surface area contributed by atoms with Crippen molar-refractivity contribution in [3.8, 4) is 5.75 Å². The third-order valence-electron chi connectivity index (χ3n) is 2.31. The summed E-state index contributed by atoms with van der Waals surface area (Å²) < 4.78 is 6.19. The van der Waals surface area contributed by atoms with Crippen LogP contribution in [-0.4, -0.2) is 12.1 Å². The molecule has 0 amide bonds. The SMILES string of the molecule is COc1cc(NCc2cc[nH]c2)ccc1Br. The minimum atomic E-state index is 0.800. The molecule has 0 saturated carbocycles. The number of benzene rings is 1. The zero-order valence-corrected chi connectivity index (χ0v) is 10.5. The summed E-state index contributed by atoms with van der Waals surface area (Å²) in [5.74, 6) is 0.832. The van der Waals surface area contributed by atoms with Crippen LogP contribution in [0.25, 0.3) is 0 Å². The Morgan fingerprint density at radius 2 is 2.25 bits per heavy atom. The van der Waals surface area contributed by atoms with Gasteiger partial charge in [0.05, 0.1) is 11.6 Å². The van der Waals surface area contributed by atoms with Crippen LogP contribution in [0.3, 0.4) is 0 Å². The van der Waals surface area contributed by atoms with Gasteiger partial charge in [-0.25, -0.2) is 0 Å². The van der Waals surface area contributed by atoms with E-state index in [9.17, 15) is 0 Å². The summed E-state index contributed by atoms with van der Waals surface area (Å²) in [4.78, 5) is 3.03. The molecule has 4 heteroatoms. The number of ether oxygens (including phenoxy) is 1. The van der Waals surface area contributed by atoms with Gasteiger partial charge in [0.1, 0.15) is 5.75 Å². The maximum absolute atomic E-state index is 5.23. The molecule has 0 aliphatic heterocycles. The molecular formula is C12H13BrN2O. The molecule has 1 aromatic carbocycles. The molecule has 16 heavy (non-hydrogen) atoms. The topological polar surface area (TPSA) is 37.0 Å². The van der Waals surface area contributed by atoms with Gasteiger partial charge < -0.3 is 15.0 Å². The van der Waals surface area contributed by atoms with E-state index >= 15 is 0 Å². The van der Waals surface area contributed by atoms with Gasteiger partial charge in [-0.15, -0.1) is 0 Å². The van der Waals surface area contributed by atoms with Gasteiger partial charge in [-0.3, -0.25) is 0 Å². The van der Waals surface area contributed by atoms with Gasteiger partial charge in [0.15, 0.2) is 0 Å². The number of aromatic amines is 1. The van der Waals surface area contributed by atoms with Crippen LogP contribution < -0.4 is 10.1 Å². The Labute approximate surface area is 103 Å². The third-order valence-corrected chi connectivity index (χ3v) is 2.97. The van der Waals surface area contributed by atoms with E-state index in [1.54, 1.807) is 7.11 Å². The lowest BCUT2D eigenvalue weighted by Gasteiger charge is -2.08. The van der Waals surface area contributed by atoms with E-state index in [0.29, 0.717) is 0 Å². The molecule has 0 aliphatic rings. The van der Waals surface area contributed by atoms with Crippen molar-refractivity contribution < 1.29 is 4.74 Å². The molecule has 3 nitrogen and oxygen atoms in total. The van der Waals surface area contributed by atoms with Gasteiger partial charge in [0.25, 0.3) is 0 Å². The van der Waals surface area contributed by atoms with Gasteiger partial charge in [-0.1, -0.05) is 0 Å². The lowest BCUT2D eigenvalue weighted by Crippen LogP contribution is -1.98. The fraction of sp³-hybridized carbons (Fsp3) is 0.167. The molecule has 0 radical (unpaired) electrons. The fourth-order valence-corrected chi connectivity index (χ4v) is 1.85. The highest BCUT2D eigenvalue weighted by Crippen LogP contribution is 2.27. The zero-order chi connectivity index (χ0) is 11.4. The number of aromatic nitrogens is 1. The molecule has 0 unspecified atom stereocenters. The van der Waals surface area contributed by atoms with Crippen LogP contribution in [0.4, 0.5) is 5.69 Å². The predicted molar refractivity (Wildman–Crippen MR) is 68.8 cm³/mol. The van der Waals surface area contributed by atoms with E-state index < -0.39 is 0 Å². The minimum absolute atomic E-state index is 0.800. The summed E-state index contributed by atoms with van der Waals surface area (Å²) in [7, 11) is 1.66. The molecule has 2 rings (SSSR count). The lowest BCUT2D eigenvalue weighted by molar-refractivity contribution is 0.412. The van der Waals surface area contributed by atoms with E-state index in [1.165, 1.54) is 5.56 Å². The number of hydrogen-bond donors (Lipinski definition) is 2. The van der Waals surface area contributed by atoms with Crippen molar-refractivity contribution in [3.63, 3.8) is 0 Å². The first-order valence-corrected chi connectivity index (χ1v) is 5.78. The first-order valence-electron chi connectivity index (χ1n) is 4.98. The minimum Gasteiger partial charge on any atom is -0.495 e. The molecule has 1 aromatic heterocycles. The monoisotopic (exact) mass is 280 g/mol. The molecule has 0 atom stereocenters. The van der Waals surface area contributed by atoms with E-state index in [0.717, 1.165) is 22.5 Å². The molecule has 0 spiro atoms. The van der Waals surface area contributed by atoms with Crippen LogP contribution in [0.1, 0.15) is 5.56 Å². The van der Waals surface area contributed by atoms with Crippen molar-refractivity contribution in [1.82, 2.24) is 4.98 Å². The van der Waals surface area contributed by atoms with Crippen molar-refractivity contribution >= 4 is 21.6 Å². The van der Waals surface area contributed by atoms with Gasteiger partial charge in [-0.2, -0.15) is 0 Å². The van der Waals surface area contributed by atoms with Crippen LogP contribution in [-0.2, 0) is 6.54 Å². The zero-order valence-electron chi connectivity index (χ0n) is 8.96. The summed E-state index contributed by atoms with van der Waals surface area (Å²) in [5.41, 5.74) is 2.27. The second kappa shape index (κ2) is 5.07. The first-order chi connectivity index (χ1) is 7.79. The van der Waals surface area contributed by atoms with Crippen molar-refractivity contribution in [2.45, 2.75) is 6.54 Å². The van der Waals surface area contributed by atoms with Gasteiger partial charge in [0, 0.05) is 30.7 Å². The number of H-pyrrole nitrogens is 1. The van der Waals surface area contributed by atoms with E-state index in [4.69, 9.17) is 4.74 Å². The number of rotatable bonds is 4. The highest BCUT2D eigenvalue weighted by Gasteiger charge is 2.01. The number of halogens is 1. The summed E-state index contributed by atoms with van der Waals surface area (Å²) in [6.07, 6.45) is 3.89. The Hall–Kier alpha value is -1.42.